The number of benzene rings is 7. The van der Waals surface area contributed by atoms with Crippen molar-refractivity contribution in [2.45, 2.75) is 26.5 Å². The molecule has 0 unspecified atom stereocenters. The highest BCUT2D eigenvalue weighted by Gasteiger charge is 2.19. The first-order valence-electron chi connectivity index (χ1n) is 16.5. The molecule has 0 N–H and O–H groups in total. The Morgan fingerprint density at radius 3 is 0.885 bits per heavy atom. The Bertz CT molecular complexity index is 2530. The van der Waals surface area contributed by atoms with Crippen molar-refractivity contribution in [1.29, 1.82) is 0 Å². The normalized spacial score (nSPS) is 11.6. The van der Waals surface area contributed by atoms with Gasteiger partial charge < -0.3 is 9.47 Å². The molecule has 0 aliphatic carbocycles. The zero-order valence-electron chi connectivity index (χ0n) is 28.4. The van der Waals surface area contributed by atoms with E-state index in [1.54, 1.807) is 92.0 Å². The molecule has 6 nitrogen and oxygen atoms in total. The smallest absolute Gasteiger partial charge is 0.206 e. The van der Waals surface area contributed by atoms with Gasteiger partial charge in [0.1, 0.15) is 17.2 Å². The summed E-state index contributed by atoms with van der Waals surface area (Å²) in [5.41, 5.74) is 6.86. The van der Waals surface area contributed by atoms with Crippen molar-refractivity contribution in [3.05, 3.63) is 175 Å². The minimum Gasteiger partial charge on any atom is -0.497 e. The van der Waals surface area contributed by atoms with Crippen molar-refractivity contribution in [3.8, 4) is 50.6 Å². The molecule has 0 saturated carbocycles. The molecular formula is C44H34O6S2. The largest absolute Gasteiger partial charge is 0.497 e. The van der Waals surface area contributed by atoms with E-state index in [-0.39, 0.29) is 19.6 Å². The Labute approximate surface area is 304 Å². The van der Waals surface area contributed by atoms with Gasteiger partial charge in [0.2, 0.25) is 19.7 Å². The van der Waals surface area contributed by atoms with Gasteiger partial charge in [-0.25, -0.2) is 16.8 Å². The van der Waals surface area contributed by atoms with Crippen molar-refractivity contribution in [1.82, 2.24) is 0 Å². The van der Waals surface area contributed by atoms with Gasteiger partial charge in [-0.05, 0) is 125 Å². The van der Waals surface area contributed by atoms with Crippen LogP contribution in [0.1, 0.15) is 5.56 Å². The second-order valence-corrected chi connectivity index (χ2v) is 16.2. The summed E-state index contributed by atoms with van der Waals surface area (Å²) in [5, 5.41) is 0. The summed E-state index contributed by atoms with van der Waals surface area (Å²) in [4.78, 5) is 0.720. The van der Waals surface area contributed by atoms with Crippen LogP contribution < -0.4 is 9.47 Å². The summed E-state index contributed by atoms with van der Waals surface area (Å²) in [6, 6.07) is 50.3. The minimum atomic E-state index is -3.79. The SMILES string of the molecule is COc1ccc(-c2ccc(-c3ccc(Oc4ccc(S(=O)(=O)c5ccc(-c6ccc(S(=O)(=O)c7ccc(C)cc7)cc6)cc5)cc4)cc3)cc2)cc1. The van der Waals surface area contributed by atoms with Gasteiger partial charge in [-0.15, -0.1) is 0 Å². The standard InChI is InChI=1S/C44H34O6S2/c1-31-3-23-41(24-4-31)51(45,46)42-25-13-36(14-26-42)37-15-27-43(28-16-37)52(47,48)44-29-21-40(22-30-44)50-39-19-11-35(12-20-39)33-7-5-32(6-8-33)34-9-17-38(49-2)18-10-34/h3-30H,1-2H3. The number of rotatable bonds is 10. The molecule has 7 rings (SSSR count). The van der Waals surface area contributed by atoms with E-state index in [2.05, 4.69) is 24.3 Å². The Balaban J connectivity index is 0.988. The van der Waals surface area contributed by atoms with E-state index in [0.717, 1.165) is 44.7 Å². The van der Waals surface area contributed by atoms with Crippen LogP contribution in [0.5, 0.6) is 17.2 Å². The molecule has 0 amide bonds. The molecule has 0 fully saturated rings. The predicted molar refractivity (Wildman–Crippen MR) is 204 cm³/mol. The molecule has 0 radical (unpaired) electrons. The third-order valence-electron chi connectivity index (χ3n) is 8.86. The fourth-order valence-electron chi connectivity index (χ4n) is 5.82. The maximum Gasteiger partial charge on any atom is 0.206 e. The molecule has 0 heterocycles. The lowest BCUT2D eigenvalue weighted by Gasteiger charge is -2.10. The summed E-state index contributed by atoms with van der Waals surface area (Å²) in [6.45, 7) is 1.90. The highest BCUT2D eigenvalue weighted by molar-refractivity contribution is 7.91. The zero-order chi connectivity index (χ0) is 36.3. The Morgan fingerprint density at radius 1 is 0.327 bits per heavy atom. The molecule has 7 aromatic carbocycles. The monoisotopic (exact) mass is 722 g/mol. The molecule has 52 heavy (non-hydrogen) atoms. The van der Waals surface area contributed by atoms with Crippen LogP contribution in [0.4, 0.5) is 0 Å². The van der Waals surface area contributed by atoms with E-state index in [1.807, 2.05) is 55.5 Å². The van der Waals surface area contributed by atoms with Crippen LogP contribution in [-0.2, 0) is 19.7 Å². The van der Waals surface area contributed by atoms with Gasteiger partial charge in [-0.3, -0.25) is 0 Å². The quantitative estimate of drug-likeness (QED) is 0.140. The minimum absolute atomic E-state index is 0.145. The van der Waals surface area contributed by atoms with Crippen molar-refractivity contribution in [2.24, 2.45) is 0 Å². The van der Waals surface area contributed by atoms with E-state index in [0.29, 0.717) is 11.5 Å². The second kappa shape index (κ2) is 14.3. The number of hydrogen-bond acceptors (Lipinski definition) is 6. The molecule has 7 aromatic rings. The molecule has 8 heteroatoms. The van der Waals surface area contributed by atoms with Gasteiger partial charge in [0.15, 0.2) is 0 Å². The van der Waals surface area contributed by atoms with E-state index < -0.39 is 19.7 Å². The lowest BCUT2D eigenvalue weighted by molar-refractivity contribution is 0.415. The van der Waals surface area contributed by atoms with E-state index in [9.17, 15) is 16.8 Å². The Morgan fingerprint density at radius 2 is 0.558 bits per heavy atom. The molecule has 258 valence electrons. The van der Waals surface area contributed by atoms with Gasteiger partial charge >= 0.3 is 0 Å². The van der Waals surface area contributed by atoms with Crippen molar-refractivity contribution < 1.29 is 26.3 Å². The van der Waals surface area contributed by atoms with Crippen LogP contribution in [0.3, 0.4) is 0 Å². The molecule has 0 spiro atoms. The molecule has 0 saturated heterocycles. The fourth-order valence-corrected chi connectivity index (χ4v) is 8.34. The number of methoxy groups -OCH3 is 1. The maximum atomic E-state index is 13.4. The van der Waals surface area contributed by atoms with E-state index >= 15 is 0 Å². The van der Waals surface area contributed by atoms with Gasteiger partial charge in [-0.2, -0.15) is 0 Å². The van der Waals surface area contributed by atoms with Crippen LogP contribution in [-0.4, -0.2) is 23.9 Å². The van der Waals surface area contributed by atoms with Gasteiger partial charge in [0, 0.05) is 0 Å². The van der Waals surface area contributed by atoms with E-state index in [4.69, 9.17) is 9.47 Å². The number of hydrogen-bond donors (Lipinski definition) is 0. The summed E-state index contributed by atoms with van der Waals surface area (Å²) in [7, 11) is -5.78. The fraction of sp³-hybridized carbons (Fsp3) is 0.0455. The third-order valence-corrected chi connectivity index (χ3v) is 12.4. The molecular weight excluding hydrogens is 689 g/mol. The van der Waals surface area contributed by atoms with Gasteiger partial charge in [0.25, 0.3) is 0 Å². The number of sulfone groups is 2. The summed E-state index contributed by atoms with van der Waals surface area (Å²) < 4.78 is 64.2. The summed E-state index contributed by atoms with van der Waals surface area (Å²) in [6.07, 6.45) is 0. The molecule has 0 bridgehead atoms. The molecule has 0 atom stereocenters. The van der Waals surface area contributed by atoms with Crippen LogP contribution in [0.15, 0.2) is 189 Å². The number of aryl methyl sites for hydroxylation is 1. The van der Waals surface area contributed by atoms with E-state index in [1.165, 1.54) is 12.1 Å². The summed E-state index contributed by atoms with van der Waals surface area (Å²) >= 11 is 0. The second-order valence-electron chi connectivity index (χ2n) is 12.3. The molecule has 0 aliphatic rings. The molecule has 0 aliphatic heterocycles. The first kappa shape index (κ1) is 34.5. The number of ether oxygens (including phenoxy) is 2. The Hall–Kier alpha value is -5.96. The lowest BCUT2D eigenvalue weighted by atomic mass is 10.0. The zero-order valence-corrected chi connectivity index (χ0v) is 30.1. The van der Waals surface area contributed by atoms with Crippen LogP contribution in [0.25, 0.3) is 33.4 Å². The van der Waals surface area contributed by atoms with Crippen molar-refractivity contribution in [3.63, 3.8) is 0 Å². The molecule has 0 aromatic heterocycles. The van der Waals surface area contributed by atoms with Gasteiger partial charge in [-0.1, -0.05) is 90.5 Å². The third kappa shape index (κ3) is 7.26. The highest BCUT2D eigenvalue weighted by atomic mass is 32.2. The van der Waals surface area contributed by atoms with Crippen molar-refractivity contribution in [2.75, 3.05) is 7.11 Å². The first-order chi connectivity index (χ1) is 25.1. The van der Waals surface area contributed by atoms with Crippen LogP contribution >= 0.6 is 0 Å². The highest BCUT2D eigenvalue weighted by Crippen LogP contribution is 2.31. The topological polar surface area (TPSA) is 86.7 Å². The van der Waals surface area contributed by atoms with Crippen LogP contribution in [0, 0.1) is 6.92 Å². The van der Waals surface area contributed by atoms with Crippen LogP contribution in [0.2, 0.25) is 0 Å². The lowest BCUT2D eigenvalue weighted by Crippen LogP contribution is -2.02. The van der Waals surface area contributed by atoms with Gasteiger partial charge in [0.05, 0.1) is 26.7 Å². The average Bonchev–Trinajstić information content (AvgIpc) is 3.19. The maximum absolute atomic E-state index is 13.4. The Kier molecular flexibility index (Phi) is 9.51. The predicted octanol–water partition coefficient (Wildman–Crippen LogP) is 10.5. The first-order valence-corrected chi connectivity index (χ1v) is 19.5. The van der Waals surface area contributed by atoms with Crippen molar-refractivity contribution >= 4 is 19.7 Å². The summed E-state index contributed by atoms with van der Waals surface area (Å²) in [5.74, 6) is 1.97. The average molecular weight is 723 g/mol.